The zero-order valence-corrected chi connectivity index (χ0v) is 28.9. The molecule has 0 fully saturated rings. The van der Waals surface area contributed by atoms with Crippen molar-refractivity contribution in [3.8, 4) is 17.2 Å². The summed E-state index contributed by atoms with van der Waals surface area (Å²) in [6.45, 7) is 6.72. The lowest BCUT2D eigenvalue weighted by atomic mass is 9.96. The average Bonchev–Trinajstić information content (AvgIpc) is 3.39. The molecule has 8 nitrogen and oxygen atoms in total. The molecule has 0 aliphatic heterocycles. The third kappa shape index (κ3) is 9.61. The molecule has 2 heterocycles. The van der Waals surface area contributed by atoms with Gasteiger partial charge in [-0.25, -0.2) is 10.3 Å². The molecule has 4 rings (SSSR count). The summed E-state index contributed by atoms with van der Waals surface area (Å²) in [4.78, 5) is 17.7. The number of amides is 1. The van der Waals surface area contributed by atoms with Gasteiger partial charge in [-0.1, -0.05) is 59.9 Å². The lowest BCUT2D eigenvalue weighted by Gasteiger charge is -2.17. The largest absolute Gasteiger partial charge is 0.496 e. The maximum Gasteiger partial charge on any atom is 0.241 e. The van der Waals surface area contributed by atoms with Crippen LogP contribution in [0.25, 0.3) is 5.65 Å². The summed E-state index contributed by atoms with van der Waals surface area (Å²) in [5.41, 5.74) is 4.58. The van der Waals surface area contributed by atoms with Crippen LogP contribution in [-0.4, -0.2) is 49.2 Å². The minimum absolute atomic E-state index is 0.134. The van der Waals surface area contributed by atoms with Crippen LogP contribution in [0, 0.1) is 5.92 Å². The highest BCUT2D eigenvalue weighted by Crippen LogP contribution is 2.38. The van der Waals surface area contributed by atoms with Crippen molar-refractivity contribution in [2.45, 2.75) is 58.9 Å². The van der Waals surface area contributed by atoms with Crippen molar-refractivity contribution in [3.63, 3.8) is 0 Å². The molecule has 0 saturated carbocycles. The molecule has 1 amide bonds. The smallest absolute Gasteiger partial charge is 0.241 e. The van der Waals surface area contributed by atoms with E-state index < -0.39 is 0 Å². The van der Waals surface area contributed by atoms with Gasteiger partial charge in [0.1, 0.15) is 18.0 Å². The molecule has 0 saturated heterocycles. The van der Waals surface area contributed by atoms with E-state index in [0.29, 0.717) is 48.8 Å². The Morgan fingerprint density at radius 1 is 1.09 bits per heavy atom. The summed E-state index contributed by atoms with van der Waals surface area (Å²) in [5.74, 6) is 2.06. The number of halogens is 2. The van der Waals surface area contributed by atoms with Crippen molar-refractivity contribution in [3.05, 3.63) is 86.7 Å². The van der Waals surface area contributed by atoms with Gasteiger partial charge in [0.05, 0.1) is 37.2 Å². The Hall–Kier alpha value is -3.27. The molecular weight excluding hydrogens is 656 g/mol. The van der Waals surface area contributed by atoms with Gasteiger partial charge in [-0.15, -0.1) is 0 Å². The Labute approximate surface area is 279 Å². The fourth-order valence-corrected chi connectivity index (χ4v) is 5.94. The lowest BCUT2D eigenvalue weighted by molar-refractivity contribution is -0.121. The van der Waals surface area contributed by atoms with Gasteiger partial charge < -0.3 is 23.9 Å². The molecule has 1 unspecified atom stereocenters. The number of carbonyl (C=O) groups is 1. The fraction of sp³-hybridized carbons (Fsp3) is 0.429. The number of hydrogen-bond acceptors (Lipinski definition) is 6. The SMILES string of the molecule is CCCCNCCOc1c(OC)ccc(CC(C)CCC(=O)[N]Cc2nc3ccccn3c2Cc2cc(Br)ccc2OC)c1Cl. The van der Waals surface area contributed by atoms with Gasteiger partial charge in [-0.2, -0.15) is 0 Å². The molecule has 2 aromatic carbocycles. The summed E-state index contributed by atoms with van der Waals surface area (Å²) in [7, 11) is 3.28. The number of ether oxygens (including phenoxy) is 3. The number of benzene rings is 2. The molecule has 2 aromatic heterocycles. The van der Waals surface area contributed by atoms with Crippen molar-refractivity contribution < 1.29 is 19.0 Å². The first kappa shape index (κ1) is 34.6. The fourth-order valence-electron chi connectivity index (χ4n) is 5.25. The quantitative estimate of drug-likeness (QED) is 0.109. The Bertz CT molecular complexity index is 1560. The minimum atomic E-state index is -0.134. The van der Waals surface area contributed by atoms with E-state index in [1.165, 1.54) is 0 Å². The van der Waals surface area contributed by atoms with Gasteiger partial charge in [-0.05, 0) is 73.7 Å². The van der Waals surface area contributed by atoms with Crippen molar-refractivity contribution in [1.82, 2.24) is 20.0 Å². The Morgan fingerprint density at radius 3 is 2.67 bits per heavy atom. The number of unbranched alkanes of at least 4 members (excludes halogenated alkanes) is 1. The van der Waals surface area contributed by atoms with E-state index >= 15 is 0 Å². The number of nitrogens with one attached hydrogen (secondary N) is 1. The lowest BCUT2D eigenvalue weighted by Crippen LogP contribution is -2.22. The van der Waals surface area contributed by atoms with Gasteiger partial charge in [0.2, 0.25) is 5.91 Å². The van der Waals surface area contributed by atoms with E-state index in [-0.39, 0.29) is 18.4 Å². The third-order valence-electron chi connectivity index (χ3n) is 7.73. The van der Waals surface area contributed by atoms with E-state index in [1.807, 2.05) is 54.7 Å². The molecule has 4 aromatic rings. The van der Waals surface area contributed by atoms with E-state index in [9.17, 15) is 4.79 Å². The predicted molar refractivity (Wildman–Crippen MR) is 183 cm³/mol. The second-order valence-electron chi connectivity index (χ2n) is 11.1. The van der Waals surface area contributed by atoms with Crippen LogP contribution in [0.1, 0.15) is 62.0 Å². The van der Waals surface area contributed by atoms with Crippen LogP contribution in [0.15, 0.2) is 59.2 Å². The summed E-state index contributed by atoms with van der Waals surface area (Å²) in [6, 6.07) is 15.7. The number of methoxy groups -OCH3 is 2. The summed E-state index contributed by atoms with van der Waals surface area (Å²) in [5, 5.41) is 8.36. The normalized spacial score (nSPS) is 11.9. The number of carbonyl (C=O) groups excluding carboxylic acids is 1. The number of nitrogens with zero attached hydrogens (tertiary/aromatic N) is 3. The highest BCUT2D eigenvalue weighted by atomic mass is 79.9. The predicted octanol–water partition coefficient (Wildman–Crippen LogP) is 7.42. The van der Waals surface area contributed by atoms with E-state index in [2.05, 4.69) is 44.8 Å². The minimum Gasteiger partial charge on any atom is -0.496 e. The van der Waals surface area contributed by atoms with Crippen molar-refractivity contribution in [1.29, 1.82) is 0 Å². The second kappa shape index (κ2) is 17.4. The van der Waals surface area contributed by atoms with E-state index in [1.54, 1.807) is 14.2 Å². The van der Waals surface area contributed by atoms with E-state index in [0.717, 1.165) is 64.3 Å². The number of fused-ring (bicyclic) bond motifs is 1. The molecule has 0 spiro atoms. The first-order valence-corrected chi connectivity index (χ1v) is 16.7. The highest BCUT2D eigenvalue weighted by molar-refractivity contribution is 9.10. The first-order valence-electron chi connectivity index (χ1n) is 15.5. The van der Waals surface area contributed by atoms with Crippen LogP contribution in [0.4, 0.5) is 0 Å². The van der Waals surface area contributed by atoms with Crippen LogP contribution in [0.5, 0.6) is 17.2 Å². The second-order valence-corrected chi connectivity index (χ2v) is 12.4. The zero-order chi connectivity index (χ0) is 32.2. The highest BCUT2D eigenvalue weighted by Gasteiger charge is 2.19. The van der Waals surface area contributed by atoms with Gasteiger partial charge in [-0.3, -0.25) is 4.79 Å². The maximum absolute atomic E-state index is 12.9. The number of aromatic nitrogens is 2. The molecule has 1 atom stereocenters. The third-order valence-corrected chi connectivity index (χ3v) is 8.64. The average molecular weight is 699 g/mol. The first-order chi connectivity index (χ1) is 21.8. The number of imidazole rings is 1. The summed E-state index contributed by atoms with van der Waals surface area (Å²) in [6.07, 6.45) is 6.62. The maximum atomic E-state index is 12.9. The molecule has 1 radical (unpaired) electrons. The molecule has 241 valence electrons. The van der Waals surface area contributed by atoms with Crippen molar-refractivity contribution >= 4 is 39.1 Å². The van der Waals surface area contributed by atoms with Gasteiger partial charge in [0, 0.05) is 35.6 Å². The molecule has 0 aliphatic rings. The van der Waals surface area contributed by atoms with Crippen molar-refractivity contribution in [2.24, 2.45) is 5.92 Å². The van der Waals surface area contributed by atoms with Crippen LogP contribution in [0.3, 0.4) is 0 Å². The number of hydrogen-bond donors (Lipinski definition) is 1. The zero-order valence-electron chi connectivity index (χ0n) is 26.6. The summed E-state index contributed by atoms with van der Waals surface area (Å²) < 4.78 is 20.1. The molecule has 0 bridgehead atoms. The molecule has 45 heavy (non-hydrogen) atoms. The van der Waals surface area contributed by atoms with E-state index in [4.69, 9.17) is 30.8 Å². The molecule has 1 N–H and O–H groups in total. The molecule has 10 heteroatoms. The van der Waals surface area contributed by atoms with Gasteiger partial charge in [0.15, 0.2) is 11.5 Å². The Morgan fingerprint density at radius 2 is 1.89 bits per heavy atom. The Balaban J connectivity index is 1.34. The monoisotopic (exact) mass is 697 g/mol. The van der Waals surface area contributed by atoms with Crippen molar-refractivity contribution in [2.75, 3.05) is 33.9 Å². The van der Waals surface area contributed by atoms with Gasteiger partial charge >= 0.3 is 0 Å². The van der Waals surface area contributed by atoms with Crippen LogP contribution in [-0.2, 0) is 24.2 Å². The topological polar surface area (TPSA) is 88.2 Å². The van der Waals surface area contributed by atoms with Crippen LogP contribution in [0.2, 0.25) is 5.02 Å². The van der Waals surface area contributed by atoms with Crippen LogP contribution < -0.4 is 24.8 Å². The summed E-state index contributed by atoms with van der Waals surface area (Å²) >= 11 is 10.4. The Kier molecular flexibility index (Phi) is 13.4. The standard InChI is InChI=1S/C35H43BrClN4O4/c1-5-6-16-38-17-19-45-35-31(44-4)13-11-25(34(35)37)20-24(2)10-15-33(42)39-23-28-29(41-18-8-7-9-32(41)40-28)22-26-21-27(36)12-14-30(26)43-3/h7-9,11-14,18,21,24,38H,5-6,10,15-17,19-20,22-23H2,1-4H3. The molecule has 0 aliphatic carbocycles. The molecular formula is C35H43BrClN4O4. The number of rotatable bonds is 18. The van der Waals surface area contributed by atoms with Crippen LogP contribution >= 0.6 is 27.5 Å². The number of pyridine rings is 1. The van der Waals surface area contributed by atoms with Gasteiger partial charge in [0.25, 0.3) is 0 Å².